The second kappa shape index (κ2) is 7.74. The fourth-order valence-electron chi connectivity index (χ4n) is 2.65. The van der Waals surface area contributed by atoms with Gasteiger partial charge in [-0.1, -0.05) is 13.8 Å². The van der Waals surface area contributed by atoms with Gasteiger partial charge in [0.05, 0.1) is 0 Å². The first-order valence-corrected chi connectivity index (χ1v) is 7.28. The maximum absolute atomic E-state index is 11.6. The molecule has 0 saturated carbocycles. The zero-order valence-electron chi connectivity index (χ0n) is 12.3. The number of nitrogens with one attached hydrogen (secondary N) is 2. The van der Waals surface area contributed by atoms with Gasteiger partial charge in [-0.25, -0.2) is 0 Å². The second-order valence-corrected chi connectivity index (χ2v) is 5.70. The molecule has 1 fully saturated rings. The van der Waals surface area contributed by atoms with Crippen LogP contribution in [0, 0.1) is 5.92 Å². The first-order chi connectivity index (χ1) is 8.52. The van der Waals surface area contributed by atoms with Crippen molar-refractivity contribution in [3.8, 4) is 0 Å². The molecule has 18 heavy (non-hydrogen) atoms. The van der Waals surface area contributed by atoms with E-state index in [0.29, 0.717) is 18.4 Å². The predicted molar refractivity (Wildman–Crippen MR) is 75.6 cm³/mol. The fraction of sp³-hybridized carbons (Fsp3) is 0.929. The zero-order chi connectivity index (χ0) is 13.5. The molecule has 2 unspecified atom stereocenters. The van der Waals surface area contributed by atoms with E-state index in [-0.39, 0.29) is 11.9 Å². The van der Waals surface area contributed by atoms with E-state index in [2.05, 4.69) is 29.4 Å². The summed E-state index contributed by atoms with van der Waals surface area (Å²) in [5.74, 6) is 0.846. The zero-order valence-corrected chi connectivity index (χ0v) is 12.3. The number of nitrogens with zero attached hydrogens (tertiary/aromatic N) is 1. The van der Waals surface area contributed by atoms with Gasteiger partial charge >= 0.3 is 0 Å². The molecule has 4 nitrogen and oxygen atoms in total. The number of hydrogen-bond donors (Lipinski definition) is 2. The van der Waals surface area contributed by atoms with Crippen molar-refractivity contribution >= 4 is 5.91 Å². The average Bonchev–Trinajstić information content (AvgIpc) is 2.29. The summed E-state index contributed by atoms with van der Waals surface area (Å²) < 4.78 is 0. The summed E-state index contributed by atoms with van der Waals surface area (Å²) in [6.45, 7) is 12.6. The molecule has 1 amide bonds. The number of carbonyl (C=O) groups is 1. The molecule has 106 valence electrons. The molecule has 0 aliphatic carbocycles. The van der Waals surface area contributed by atoms with Crippen LogP contribution in [0.4, 0.5) is 0 Å². The van der Waals surface area contributed by atoms with Crippen LogP contribution in [0.3, 0.4) is 0 Å². The van der Waals surface area contributed by atoms with E-state index in [4.69, 9.17) is 0 Å². The molecule has 2 N–H and O–H groups in total. The van der Waals surface area contributed by atoms with Crippen LogP contribution < -0.4 is 10.6 Å². The van der Waals surface area contributed by atoms with Gasteiger partial charge in [0.25, 0.3) is 0 Å². The number of amides is 1. The monoisotopic (exact) mass is 255 g/mol. The summed E-state index contributed by atoms with van der Waals surface area (Å²) in [4.78, 5) is 14.0. The standard InChI is InChI=1S/C14H29N3O/c1-5-15-13-6-8-17(10-12(13)4)9-7-14(18)16-11(2)3/h11-13,15H,5-10H2,1-4H3,(H,16,18). The molecule has 0 aromatic carbocycles. The van der Waals surface area contributed by atoms with Crippen molar-refractivity contribution in [2.45, 2.75) is 52.6 Å². The molecule has 2 atom stereocenters. The lowest BCUT2D eigenvalue weighted by Gasteiger charge is -2.37. The number of carbonyl (C=O) groups excluding carboxylic acids is 1. The number of hydrogen-bond acceptors (Lipinski definition) is 3. The van der Waals surface area contributed by atoms with E-state index in [1.54, 1.807) is 0 Å². The molecule has 0 bridgehead atoms. The minimum atomic E-state index is 0.173. The van der Waals surface area contributed by atoms with Crippen LogP contribution in [-0.4, -0.2) is 49.1 Å². The van der Waals surface area contributed by atoms with Gasteiger partial charge < -0.3 is 15.5 Å². The SMILES string of the molecule is CCNC1CCN(CCC(=O)NC(C)C)CC1C. The molecule has 0 radical (unpaired) electrons. The van der Waals surface area contributed by atoms with Gasteiger partial charge in [0.1, 0.15) is 0 Å². The molecule has 0 aromatic rings. The van der Waals surface area contributed by atoms with Gasteiger partial charge in [0.2, 0.25) is 5.91 Å². The Labute approximate surface area is 111 Å². The topological polar surface area (TPSA) is 44.4 Å². The van der Waals surface area contributed by atoms with E-state index >= 15 is 0 Å². The van der Waals surface area contributed by atoms with Crippen molar-refractivity contribution in [3.05, 3.63) is 0 Å². The number of piperidine rings is 1. The lowest BCUT2D eigenvalue weighted by atomic mass is 9.93. The predicted octanol–water partition coefficient (Wildman–Crippen LogP) is 1.22. The minimum absolute atomic E-state index is 0.173. The first-order valence-electron chi connectivity index (χ1n) is 7.28. The molecule has 1 aliphatic rings. The second-order valence-electron chi connectivity index (χ2n) is 5.70. The summed E-state index contributed by atoms with van der Waals surface area (Å²) in [6.07, 6.45) is 1.82. The maximum Gasteiger partial charge on any atom is 0.221 e. The smallest absolute Gasteiger partial charge is 0.221 e. The van der Waals surface area contributed by atoms with Gasteiger partial charge in [-0.05, 0) is 39.3 Å². The van der Waals surface area contributed by atoms with Gasteiger partial charge in [0, 0.05) is 31.6 Å². The largest absolute Gasteiger partial charge is 0.354 e. The third kappa shape index (κ3) is 5.36. The number of likely N-dealkylation sites (tertiary alicyclic amines) is 1. The quantitative estimate of drug-likeness (QED) is 0.750. The lowest BCUT2D eigenvalue weighted by Crippen LogP contribution is -2.49. The van der Waals surface area contributed by atoms with Gasteiger partial charge in [-0.3, -0.25) is 4.79 Å². The molecule has 0 spiro atoms. The molecule has 4 heteroatoms. The Balaban J connectivity index is 2.23. The third-order valence-corrected chi connectivity index (χ3v) is 3.56. The Morgan fingerprint density at radius 2 is 2.17 bits per heavy atom. The van der Waals surface area contributed by atoms with Crippen LogP contribution >= 0.6 is 0 Å². The van der Waals surface area contributed by atoms with Crippen LogP contribution in [0.2, 0.25) is 0 Å². The van der Waals surface area contributed by atoms with Gasteiger partial charge in [-0.2, -0.15) is 0 Å². The molecule has 1 aliphatic heterocycles. The van der Waals surface area contributed by atoms with Crippen LogP contribution in [-0.2, 0) is 4.79 Å². The average molecular weight is 255 g/mol. The van der Waals surface area contributed by atoms with E-state index < -0.39 is 0 Å². The minimum Gasteiger partial charge on any atom is -0.354 e. The molecule has 0 aromatic heterocycles. The highest BCUT2D eigenvalue weighted by Crippen LogP contribution is 2.16. The highest BCUT2D eigenvalue weighted by atomic mass is 16.1. The van der Waals surface area contributed by atoms with Crippen molar-refractivity contribution in [1.29, 1.82) is 0 Å². The van der Waals surface area contributed by atoms with Crippen molar-refractivity contribution in [3.63, 3.8) is 0 Å². The Morgan fingerprint density at radius 3 is 2.72 bits per heavy atom. The molecular weight excluding hydrogens is 226 g/mol. The van der Waals surface area contributed by atoms with Gasteiger partial charge in [-0.15, -0.1) is 0 Å². The fourth-order valence-corrected chi connectivity index (χ4v) is 2.65. The van der Waals surface area contributed by atoms with Crippen LogP contribution in [0.25, 0.3) is 0 Å². The lowest BCUT2D eigenvalue weighted by molar-refractivity contribution is -0.122. The van der Waals surface area contributed by atoms with E-state index in [0.717, 1.165) is 26.2 Å². The van der Waals surface area contributed by atoms with E-state index in [9.17, 15) is 4.79 Å². The number of rotatable bonds is 6. The summed E-state index contributed by atoms with van der Waals surface area (Å²) in [7, 11) is 0. The van der Waals surface area contributed by atoms with Crippen molar-refractivity contribution in [1.82, 2.24) is 15.5 Å². The molecule has 1 heterocycles. The van der Waals surface area contributed by atoms with Gasteiger partial charge in [0.15, 0.2) is 0 Å². The van der Waals surface area contributed by atoms with Crippen LogP contribution in [0.1, 0.15) is 40.5 Å². The Bertz CT molecular complexity index is 255. The normalized spacial score (nSPS) is 25.4. The van der Waals surface area contributed by atoms with Crippen molar-refractivity contribution in [2.75, 3.05) is 26.2 Å². The molecule has 1 rings (SSSR count). The summed E-state index contributed by atoms with van der Waals surface area (Å²) in [6, 6.07) is 0.895. The molecule has 1 saturated heterocycles. The summed E-state index contributed by atoms with van der Waals surface area (Å²) in [5.41, 5.74) is 0. The van der Waals surface area contributed by atoms with Crippen molar-refractivity contribution < 1.29 is 4.79 Å². The maximum atomic E-state index is 11.6. The Kier molecular flexibility index (Phi) is 6.65. The highest BCUT2D eigenvalue weighted by Gasteiger charge is 2.25. The summed E-state index contributed by atoms with van der Waals surface area (Å²) in [5, 5.41) is 6.48. The van der Waals surface area contributed by atoms with E-state index in [1.807, 2.05) is 13.8 Å². The van der Waals surface area contributed by atoms with Crippen molar-refractivity contribution in [2.24, 2.45) is 5.92 Å². The third-order valence-electron chi connectivity index (χ3n) is 3.56. The molecular formula is C14H29N3O. The van der Waals surface area contributed by atoms with Crippen LogP contribution in [0.15, 0.2) is 0 Å². The van der Waals surface area contributed by atoms with E-state index in [1.165, 1.54) is 6.42 Å². The Morgan fingerprint density at radius 1 is 1.44 bits per heavy atom. The summed E-state index contributed by atoms with van der Waals surface area (Å²) >= 11 is 0. The highest BCUT2D eigenvalue weighted by molar-refractivity contribution is 5.76. The first kappa shape index (κ1) is 15.4. The van der Waals surface area contributed by atoms with Crippen LogP contribution in [0.5, 0.6) is 0 Å². The Hall–Kier alpha value is -0.610.